The van der Waals surface area contributed by atoms with E-state index in [9.17, 15) is 4.79 Å². The van der Waals surface area contributed by atoms with Crippen molar-refractivity contribution in [2.24, 2.45) is 0 Å². The molecule has 0 fully saturated rings. The first-order valence-corrected chi connectivity index (χ1v) is 7.36. The first-order valence-electron chi connectivity index (χ1n) is 7.36. The fourth-order valence-corrected chi connectivity index (χ4v) is 1.96. The number of hydrogen-bond donors (Lipinski definition) is 3. The van der Waals surface area contributed by atoms with Gasteiger partial charge in [0.2, 0.25) is 0 Å². The van der Waals surface area contributed by atoms with Gasteiger partial charge in [0.25, 0.3) is 0 Å². The van der Waals surface area contributed by atoms with E-state index in [1.165, 1.54) is 6.33 Å². The Morgan fingerprint density at radius 2 is 1.91 bits per heavy atom. The van der Waals surface area contributed by atoms with Crippen molar-refractivity contribution in [2.75, 3.05) is 30.4 Å². The number of aromatic nitrogens is 2. The summed E-state index contributed by atoms with van der Waals surface area (Å²) in [5.74, 6) is 0.146. The molecule has 2 rings (SSSR count). The zero-order valence-corrected chi connectivity index (χ0v) is 13.2. The number of nitrogens with one attached hydrogen (secondary N) is 2. The lowest BCUT2D eigenvalue weighted by atomic mass is 10.2. The number of carbonyl (C=O) groups is 1. The van der Waals surface area contributed by atoms with Crippen LogP contribution in [0.5, 0.6) is 0 Å². The molecule has 7 nitrogen and oxygen atoms in total. The lowest BCUT2D eigenvalue weighted by Crippen LogP contribution is -2.16. The van der Waals surface area contributed by atoms with Gasteiger partial charge in [-0.05, 0) is 26.0 Å². The van der Waals surface area contributed by atoms with Crippen LogP contribution in [0.25, 0.3) is 0 Å². The molecule has 0 amide bonds. The number of nitrogens with zero attached hydrogens (tertiary/aromatic N) is 2. The minimum Gasteiger partial charge on any atom is -0.462 e. The largest absolute Gasteiger partial charge is 0.462 e. The number of esters is 1. The highest BCUT2D eigenvalue weighted by atomic mass is 16.5. The van der Waals surface area contributed by atoms with Crippen LogP contribution in [0, 0.1) is 6.92 Å². The van der Waals surface area contributed by atoms with Crippen molar-refractivity contribution < 1.29 is 14.6 Å². The second-order valence-corrected chi connectivity index (χ2v) is 4.81. The normalized spacial score (nSPS) is 10.2. The number of aliphatic hydroxyl groups is 1. The van der Waals surface area contributed by atoms with Gasteiger partial charge in [0.15, 0.2) is 5.82 Å². The number of hydrogen-bond acceptors (Lipinski definition) is 7. The summed E-state index contributed by atoms with van der Waals surface area (Å²) in [4.78, 5) is 20.5. The van der Waals surface area contributed by atoms with Crippen molar-refractivity contribution in [2.45, 2.75) is 13.8 Å². The minimum absolute atomic E-state index is 0.0764. The Balaban J connectivity index is 2.36. The van der Waals surface area contributed by atoms with Gasteiger partial charge < -0.3 is 20.5 Å². The SMILES string of the molecule is CCOC(=O)c1c(NCCO)ncnc1Nc1ccc(C)cc1. The molecule has 0 saturated carbocycles. The monoisotopic (exact) mass is 316 g/mol. The standard InChI is InChI=1S/C16H20N4O3/c1-3-23-16(22)13-14(17-8-9-21)18-10-19-15(13)20-12-6-4-11(2)5-7-12/h4-7,10,21H,3,8-9H2,1-2H3,(H2,17,18,19,20). The van der Waals surface area contributed by atoms with Crippen molar-refractivity contribution in [1.29, 1.82) is 0 Å². The molecule has 3 N–H and O–H groups in total. The average molecular weight is 316 g/mol. The molecule has 122 valence electrons. The maximum atomic E-state index is 12.2. The molecule has 0 radical (unpaired) electrons. The maximum absolute atomic E-state index is 12.2. The molecule has 1 heterocycles. The number of anilines is 3. The fraction of sp³-hybridized carbons (Fsp3) is 0.312. The Hall–Kier alpha value is -2.67. The molecule has 0 aliphatic rings. The van der Waals surface area contributed by atoms with E-state index in [4.69, 9.17) is 9.84 Å². The zero-order valence-electron chi connectivity index (χ0n) is 13.2. The molecule has 1 aromatic carbocycles. The molecular weight excluding hydrogens is 296 g/mol. The lowest BCUT2D eigenvalue weighted by molar-refractivity contribution is 0.0528. The molecule has 0 bridgehead atoms. The average Bonchev–Trinajstić information content (AvgIpc) is 2.55. The lowest BCUT2D eigenvalue weighted by Gasteiger charge is -2.14. The van der Waals surface area contributed by atoms with E-state index in [0.29, 0.717) is 11.6 Å². The molecule has 0 unspecified atom stereocenters. The molecule has 0 aliphatic heterocycles. The first kappa shape index (κ1) is 16.7. The fourth-order valence-electron chi connectivity index (χ4n) is 1.96. The number of carbonyl (C=O) groups excluding carboxylic acids is 1. The van der Waals surface area contributed by atoms with E-state index >= 15 is 0 Å². The zero-order chi connectivity index (χ0) is 16.7. The van der Waals surface area contributed by atoms with E-state index in [1.54, 1.807) is 6.92 Å². The highest BCUT2D eigenvalue weighted by Crippen LogP contribution is 2.24. The van der Waals surface area contributed by atoms with Crippen molar-refractivity contribution in [3.05, 3.63) is 41.7 Å². The highest BCUT2D eigenvalue weighted by molar-refractivity contribution is 6.00. The van der Waals surface area contributed by atoms with Crippen molar-refractivity contribution in [3.63, 3.8) is 0 Å². The van der Waals surface area contributed by atoms with E-state index in [0.717, 1.165) is 11.3 Å². The van der Waals surface area contributed by atoms with Gasteiger partial charge in [0.1, 0.15) is 17.7 Å². The van der Waals surface area contributed by atoms with Gasteiger partial charge in [-0.1, -0.05) is 17.7 Å². The number of ether oxygens (including phenoxy) is 1. The quantitative estimate of drug-likeness (QED) is 0.673. The van der Waals surface area contributed by atoms with Crippen LogP contribution < -0.4 is 10.6 Å². The van der Waals surface area contributed by atoms with Gasteiger partial charge in [0, 0.05) is 12.2 Å². The van der Waals surface area contributed by atoms with Crippen LogP contribution in [-0.2, 0) is 4.74 Å². The Kier molecular flexibility index (Phi) is 5.87. The molecule has 23 heavy (non-hydrogen) atoms. The Morgan fingerprint density at radius 1 is 1.22 bits per heavy atom. The van der Waals surface area contributed by atoms with Gasteiger partial charge in [-0.15, -0.1) is 0 Å². The highest BCUT2D eigenvalue weighted by Gasteiger charge is 2.20. The summed E-state index contributed by atoms with van der Waals surface area (Å²) in [7, 11) is 0. The van der Waals surface area contributed by atoms with Crippen molar-refractivity contribution in [3.8, 4) is 0 Å². The molecule has 7 heteroatoms. The van der Waals surface area contributed by atoms with E-state index in [-0.39, 0.29) is 25.3 Å². The molecular formula is C16H20N4O3. The minimum atomic E-state index is -0.525. The third-order valence-corrected chi connectivity index (χ3v) is 3.05. The van der Waals surface area contributed by atoms with Crippen LogP contribution in [0.4, 0.5) is 17.3 Å². The number of benzene rings is 1. The van der Waals surface area contributed by atoms with E-state index in [2.05, 4.69) is 20.6 Å². The summed E-state index contributed by atoms with van der Waals surface area (Å²) in [6, 6.07) is 7.71. The maximum Gasteiger partial charge on any atom is 0.345 e. The van der Waals surface area contributed by atoms with Gasteiger partial charge >= 0.3 is 5.97 Å². The summed E-state index contributed by atoms with van der Waals surface area (Å²) < 4.78 is 5.08. The summed E-state index contributed by atoms with van der Waals surface area (Å²) in [6.07, 6.45) is 1.35. The first-order chi connectivity index (χ1) is 11.2. The Morgan fingerprint density at radius 3 is 2.57 bits per heavy atom. The Labute approximate surface area is 134 Å². The second-order valence-electron chi connectivity index (χ2n) is 4.81. The summed E-state index contributed by atoms with van der Waals surface area (Å²) in [6.45, 7) is 4.17. The predicted octanol–water partition coefficient (Wildman–Crippen LogP) is 2.11. The van der Waals surface area contributed by atoms with Crippen LogP contribution in [0.1, 0.15) is 22.8 Å². The van der Waals surface area contributed by atoms with Crippen LogP contribution in [0.3, 0.4) is 0 Å². The molecule has 1 aromatic heterocycles. The van der Waals surface area contributed by atoms with Crippen LogP contribution in [0.15, 0.2) is 30.6 Å². The predicted molar refractivity (Wildman–Crippen MR) is 88.0 cm³/mol. The van der Waals surface area contributed by atoms with Gasteiger partial charge in [-0.3, -0.25) is 0 Å². The molecule has 2 aromatic rings. The summed E-state index contributed by atoms with van der Waals surface area (Å²) in [5.41, 5.74) is 2.14. The third kappa shape index (κ3) is 4.40. The number of aryl methyl sites for hydroxylation is 1. The Bertz CT molecular complexity index is 659. The van der Waals surface area contributed by atoms with Crippen LogP contribution in [-0.4, -0.2) is 40.8 Å². The smallest absolute Gasteiger partial charge is 0.345 e. The van der Waals surface area contributed by atoms with Gasteiger partial charge in [-0.2, -0.15) is 0 Å². The van der Waals surface area contributed by atoms with E-state index in [1.807, 2.05) is 31.2 Å². The summed E-state index contributed by atoms with van der Waals surface area (Å²) in [5, 5.41) is 15.0. The number of rotatable bonds is 7. The number of aliphatic hydroxyl groups excluding tert-OH is 1. The van der Waals surface area contributed by atoms with Gasteiger partial charge in [0.05, 0.1) is 13.2 Å². The van der Waals surface area contributed by atoms with Crippen molar-refractivity contribution >= 4 is 23.3 Å². The van der Waals surface area contributed by atoms with Gasteiger partial charge in [-0.25, -0.2) is 14.8 Å². The second kappa shape index (κ2) is 8.09. The molecule has 0 saturated heterocycles. The van der Waals surface area contributed by atoms with E-state index < -0.39 is 5.97 Å². The molecule has 0 spiro atoms. The molecule has 0 aliphatic carbocycles. The van der Waals surface area contributed by atoms with Crippen LogP contribution in [0.2, 0.25) is 0 Å². The topological polar surface area (TPSA) is 96.4 Å². The molecule has 0 atom stereocenters. The van der Waals surface area contributed by atoms with Crippen molar-refractivity contribution in [1.82, 2.24) is 9.97 Å². The third-order valence-electron chi connectivity index (χ3n) is 3.05. The summed E-state index contributed by atoms with van der Waals surface area (Å²) >= 11 is 0. The van der Waals surface area contributed by atoms with Crippen LogP contribution >= 0.6 is 0 Å².